The quantitative estimate of drug-likeness (QED) is 0.771. The van der Waals surface area contributed by atoms with Gasteiger partial charge < -0.3 is 0 Å². The zero-order valence-electron chi connectivity index (χ0n) is 12.3. The van der Waals surface area contributed by atoms with E-state index in [0.29, 0.717) is 12.5 Å². The van der Waals surface area contributed by atoms with E-state index in [4.69, 9.17) is 16.9 Å². The van der Waals surface area contributed by atoms with E-state index in [9.17, 15) is 0 Å². The largest absolute Gasteiger partial charge is 0.294 e. The second kappa shape index (κ2) is 7.52. The molecule has 0 bridgehead atoms. The van der Waals surface area contributed by atoms with Gasteiger partial charge in [0.25, 0.3) is 0 Å². The maximum absolute atomic E-state index is 8.74. The first kappa shape index (κ1) is 16.0. The standard InChI is InChI=1S/C14H23ClN4/c1-5-12-14(15)13(19(6-2)17-12)10-18(11(3)4)9-7-8-16/h11H,5-7,9-10H2,1-4H3. The molecule has 106 valence electrons. The molecule has 0 radical (unpaired) electrons. The van der Waals surface area contributed by atoms with Crippen LogP contribution in [0.2, 0.25) is 5.02 Å². The number of nitrogens with zero attached hydrogens (tertiary/aromatic N) is 4. The van der Waals surface area contributed by atoms with Gasteiger partial charge in [0.1, 0.15) is 0 Å². The molecule has 0 saturated heterocycles. The van der Waals surface area contributed by atoms with Gasteiger partial charge in [0, 0.05) is 32.1 Å². The van der Waals surface area contributed by atoms with Crippen LogP contribution in [-0.2, 0) is 19.5 Å². The van der Waals surface area contributed by atoms with Crippen molar-refractivity contribution in [3.63, 3.8) is 0 Å². The van der Waals surface area contributed by atoms with Gasteiger partial charge in [-0.05, 0) is 27.2 Å². The molecule has 0 N–H and O–H groups in total. The van der Waals surface area contributed by atoms with Crippen LogP contribution in [0.5, 0.6) is 0 Å². The molecule has 0 atom stereocenters. The first-order valence-corrected chi connectivity index (χ1v) is 7.27. The highest BCUT2D eigenvalue weighted by molar-refractivity contribution is 6.31. The first-order valence-electron chi connectivity index (χ1n) is 6.90. The molecule has 0 unspecified atom stereocenters. The Labute approximate surface area is 121 Å². The molecule has 1 aromatic rings. The molecule has 0 aromatic carbocycles. The van der Waals surface area contributed by atoms with Gasteiger partial charge in [0.05, 0.1) is 22.5 Å². The average molecular weight is 283 g/mol. The summed E-state index contributed by atoms with van der Waals surface area (Å²) in [5.74, 6) is 0. The van der Waals surface area contributed by atoms with E-state index in [1.807, 2.05) is 4.68 Å². The van der Waals surface area contributed by atoms with E-state index < -0.39 is 0 Å². The summed E-state index contributed by atoms with van der Waals surface area (Å²) in [4.78, 5) is 2.26. The molecule has 0 aliphatic carbocycles. The molecule has 4 nitrogen and oxygen atoms in total. The van der Waals surface area contributed by atoms with Gasteiger partial charge in [-0.3, -0.25) is 9.58 Å². The Morgan fingerprint density at radius 2 is 2.11 bits per heavy atom. The Bertz CT molecular complexity index is 445. The first-order chi connectivity index (χ1) is 9.04. The zero-order chi connectivity index (χ0) is 14.4. The molecule has 0 fully saturated rings. The molecule has 0 aliphatic heterocycles. The summed E-state index contributed by atoms with van der Waals surface area (Å²) in [6.45, 7) is 10.7. The number of nitriles is 1. The Balaban J connectivity index is 2.95. The van der Waals surface area contributed by atoms with E-state index in [2.05, 4.69) is 43.8 Å². The van der Waals surface area contributed by atoms with Crippen LogP contribution in [0.25, 0.3) is 0 Å². The van der Waals surface area contributed by atoms with Crippen LogP contribution < -0.4 is 0 Å². The normalized spacial score (nSPS) is 11.3. The van der Waals surface area contributed by atoms with E-state index in [1.54, 1.807) is 0 Å². The van der Waals surface area contributed by atoms with Gasteiger partial charge >= 0.3 is 0 Å². The van der Waals surface area contributed by atoms with Crippen LogP contribution in [0, 0.1) is 11.3 Å². The smallest absolute Gasteiger partial charge is 0.0863 e. The van der Waals surface area contributed by atoms with Gasteiger partial charge in [0.15, 0.2) is 0 Å². The van der Waals surface area contributed by atoms with Gasteiger partial charge in [-0.1, -0.05) is 18.5 Å². The summed E-state index contributed by atoms with van der Waals surface area (Å²) in [6.07, 6.45) is 1.38. The summed E-state index contributed by atoms with van der Waals surface area (Å²) in [5.41, 5.74) is 2.02. The maximum atomic E-state index is 8.74. The SMILES string of the molecule is CCc1nn(CC)c(CN(CCC#N)C(C)C)c1Cl. The fraction of sp³-hybridized carbons (Fsp3) is 0.714. The minimum atomic E-state index is 0.384. The van der Waals surface area contributed by atoms with Gasteiger partial charge in [-0.15, -0.1) is 0 Å². The fourth-order valence-corrected chi connectivity index (χ4v) is 2.40. The van der Waals surface area contributed by atoms with Crippen molar-refractivity contribution in [1.29, 1.82) is 5.26 Å². The number of halogens is 1. The average Bonchev–Trinajstić information content (AvgIpc) is 2.70. The van der Waals surface area contributed by atoms with E-state index in [1.165, 1.54) is 0 Å². The van der Waals surface area contributed by atoms with Crippen molar-refractivity contribution >= 4 is 11.6 Å². The molecule has 1 heterocycles. The molecule has 5 heteroatoms. The molecule has 1 aromatic heterocycles. The number of hydrogen-bond donors (Lipinski definition) is 0. The van der Waals surface area contributed by atoms with Crippen LogP contribution in [0.15, 0.2) is 0 Å². The third-order valence-corrected chi connectivity index (χ3v) is 3.72. The number of aromatic nitrogens is 2. The highest BCUT2D eigenvalue weighted by atomic mass is 35.5. The van der Waals surface area contributed by atoms with E-state index in [-0.39, 0.29) is 0 Å². The molecular formula is C14H23ClN4. The Hall–Kier alpha value is -1.05. The van der Waals surface area contributed by atoms with Gasteiger partial charge in [0.2, 0.25) is 0 Å². The van der Waals surface area contributed by atoms with Crippen molar-refractivity contribution in [3.8, 4) is 6.07 Å². The van der Waals surface area contributed by atoms with Crippen LogP contribution in [0.3, 0.4) is 0 Å². The lowest BCUT2D eigenvalue weighted by Gasteiger charge is -2.25. The number of hydrogen-bond acceptors (Lipinski definition) is 3. The highest BCUT2D eigenvalue weighted by Gasteiger charge is 2.18. The van der Waals surface area contributed by atoms with Crippen LogP contribution in [0.4, 0.5) is 0 Å². The van der Waals surface area contributed by atoms with Crippen molar-refractivity contribution in [2.45, 2.75) is 59.7 Å². The van der Waals surface area contributed by atoms with Crippen molar-refractivity contribution in [1.82, 2.24) is 14.7 Å². The molecule has 0 spiro atoms. The Morgan fingerprint density at radius 1 is 1.42 bits per heavy atom. The maximum Gasteiger partial charge on any atom is 0.0863 e. The summed E-state index contributed by atoms with van der Waals surface area (Å²) in [7, 11) is 0. The van der Waals surface area contributed by atoms with Gasteiger partial charge in [-0.2, -0.15) is 10.4 Å². The van der Waals surface area contributed by atoms with Crippen LogP contribution in [0.1, 0.15) is 45.5 Å². The van der Waals surface area contributed by atoms with Gasteiger partial charge in [-0.25, -0.2) is 0 Å². The molecule has 0 saturated carbocycles. The minimum absolute atomic E-state index is 0.384. The number of aryl methyl sites for hydroxylation is 2. The van der Waals surface area contributed by atoms with E-state index >= 15 is 0 Å². The van der Waals surface area contributed by atoms with Crippen molar-refractivity contribution in [3.05, 3.63) is 16.4 Å². The molecule has 0 amide bonds. The lowest BCUT2D eigenvalue weighted by molar-refractivity contribution is 0.211. The molecule has 19 heavy (non-hydrogen) atoms. The molecule has 1 rings (SSSR count). The Kier molecular flexibility index (Phi) is 6.33. The Morgan fingerprint density at radius 3 is 2.58 bits per heavy atom. The van der Waals surface area contributed by atoms with Crippen LogP contribution >= 0.6 is 11.6 Å². The predicted molar refractivity (Wildman–Crippen MR) is 78.1 cm³/mol. The minimum Gasteiger partial charge on any atom is -0.294 e. The molecular weight excluding hydrogens is 260 g/mol. The predicted octanol–water partition coefficient (Wildman–Crippen LogP) is 3.24. The van der Waals surface area contributed by atoms with Crippen molar-refractivity contribution in [2.75, 3.05) is 6.54 Å². The van der Waals surface area contributed by atoms with Crippen molar-refractivity contribution in [2.24, 2.45) is 0 Å². The third-order valence-electron chi connectivity index (χ3n) is 3.29. The zero-order valence-corrected chi connectivity index (χ0v) is 13.0. The fourth-order valence-electron chi connectivity index (χ4n) is 2.07. The highest BCUT2D eigenvalue weighted by Crippen LogP contribution is 2.23. The van der Waals surface area contributed by atoms with Crippen molar-refractivity contribution < 1.29 is 0 Å². The van der Waals surface area contributed by atoms with Crippen LogP contribution in [-0.4, -0.2) is 27.3 Å². The summed E-state index contributed by atoms with van der Waals surface area (Å²) in [5, 5.41) is 14.1. The summed E-state index contributed by atoms with van der Waals surface area (Å²) >= 11 is 6.42. The molecule has 0 aliphatic rings. The summed E-state index contributed by atoms with van der Waals surface area (Å²) in [6, 6.07) is 2.59. The lowest BCUT2D eigenvalue weighted by Crippen LogP contribution is -2.32. The monoisotopic (exact) mass is 282 g/mol. The second-order valence-electron chi connectivity index (χ2n) is 4.85. The number of rotatable bonds is 7. The second-order valence-corrected chi connectivity index (χ2v) is 5.23. The summed E-state index contributed by atoms with van der Waals surface area (Å²) < 4.78 is 1.98. The topological polar surface area (TPSA) is 44.9 Å². The third kappa shape index (κ3) is 3.95. The lowest BCUT2D eigenvalue weighted by atomic mass is 10.2. The van der Waals surface area contributed by atoms with E-state index in [0.717, 1.165) is 42.5 Å².